The normalized spacial score (nSPS) is 12.7. The van der Waals surface area contributed by atoms with Gasteiger partial charge in [0.1, 0.15) is 6.61 Å². The molecule has 1 aromatic heterocycles. The number of benzene rings is 3. The molecule has 168 valence electrons. The van der Waals surface area contributed by atoms with Crippen molar-refractivity contribution in [3.8, 4) is 0 Å². The summed E-state index contributed by atoms with van der Waals surface area (Å²) in [5.74, 6) is -1.79. The van der Waals surface area contributed by atoms with Crippen molar-refractivity contribution in [2.24, 2.45) is 0 Å². The molecule has 0 saturated carbocycles. The van der Waals surface area contributed by atoms with E-state index < -0.39 is 17.8 Å². The fourth-order valence-corrected chi connectivity index (χ4v) is 4.82. The van der Waals surface area contributed by atoms with Gasteiger partial charge in [-0.2, -0.15) is 0 Å². The van der Waals surface area contributed by atoms with Crippen LogP contribution in [0, 0.1) is 0 Å². The molecule has 0 bridgehead atoms. The van der Waals surface area contributed by atoms with Gasteiger partial charge in [-0.1, -0.05) is 18.2 Å². The number of ether oxygens (including phenoxy) is 1. The van der Waals surface area contributed by atoms with Crippen LogP contribution in [-0.2, 0) is 16.1 Å². The monoisotopic (exact) mass is 470 g/mol. The Balaban J connectivity index is 1.34. The lowest BCUT2D eigenvalue weighted by Gasteiger charge is -2.14. The molecule has 0 unspecified atom stereocenters. The molecule has 1 aliphatic heterocycles. The molecule has 8 heteroatoms. The van der Waals surface area contributed by atoms with Gasteiger partial charge >= 0.3 is 5.97 Å². The second-order valence-electron chi connectivity index (χ2n) is 7.77. The summed E-state index contributed by atoms with van der Waals surface area (Å²) in [4.78, 5) is 50.8. The van der Waals surface area contributed by atoms with Crippen molar-refractivity contribution in [2.45, 2.75) is 13.5 Å². The highest BCUT2D eigenvalue weighted by Crippen LogP contribution is 2.30. The Bertz CT molecular complexity index is 1470. The smallest absolute Gasteiger partial charge is 0.338 e. The van der Waals surface area contributed by atoms with Crippen molar-refractivity contribution >= 4 is 56.5 Å². The summed E-state index contributed by atoms with van der Waals surface area (Å²) in [5.41, 5.74) is 2.39. The molecule has 0 atom stereocenters. The molecule has 5 rings (SSSR count). The summed E-state index contributed by atoms with van der Waals surface area (Å²) < 4.78 is 6.59. The van der Waals surface area contributed by atoms with E-state index in [1.54, 1.807) is 35.6 Å². The summed E-state index contributed by atoms with van der Waals surface area (Å²) in [5, 5.41) is 5.63. The number of fused-ring (bicyclic) bond motifs is 2. The number of carbonyl (C=O) groups excluding carboxylic acids is 4. The van der Waals surface area contributed by atoms with Crippen LogP contribution >= 0.6 is 11.3 Å². The number of hydrogen-bond donors (Lipinski definition) is 1. The molecule has 0 fully saturated rings. The average Bonchev–Trinajstić information content (AvgIpc) is 3.36. The highest BCUT2D eigenvalue weighted by atomic mass is 32.1. The van der Waals surface area contributed by atoms with E-state index in [-0.39, 0.29) is 29.2 Å². The van der Waals surface area contributed by atoms with Gasteiger partial charge in [-0.15, -0.1) is 11.3 Å². The molecule has 3 amide bonds. The molecule has 1 N–H and O–H groups in total. The van der Waals surface area contributed by atoms with E-state index in [9.17, 15) is 19.2 Å². The minimum absolute atomic E-state index is 0.111. The highest BCUT2D eigenvalue weighted by Gasteiger charge is 2.37. The lowest BCUT2D eigenvalue weighted by Crippen LogP contribution is -2.29. The van der Waals surface area contributed by atoms with Gasteiger partial charge in [0, 0.05) is 22.9 Å². The van der Waals surface area contributed by atoms with Crippen LogP contribution in [0.4, 0.5) is 11.4 Å². The molecule has 34 heavy (non-hydrogen) atoms. The lowest BCUT2D eigenvalue weighted by atomic mass is 10.1. The highest BCUT2D eigenvalue weighted by molar-refractivity contribution is 7.17. The molecular weight excluding hydrogens is 452 g/mol. The average molecular weight is 471 g/mol. The van der Waals surface area contributed by atoms with Gasteiger partial charge in [0.25, 0.3) is 11.8 Å². The van der Waals surface area contributed by atoms with Crippen LogP contribution in [0.3, 0.4) is 0 Å². The summed E-state index contributed by atoms with van der Waals surface area (Å²) in [6, 6.07) is 18.6. The van der Waals surface area contributed by atoms with Crippen LogP contribution in [0.15, 0.2) is 72.1 Å². The number of amides is 3. The summed E-state index contributed by atoms with van der Waals surface area (Å²) in [6.45, 7) is 1.50. The fourth-order valence-electron chi connectivity index (χ4n) is 3.87. The van der Waals surface area contributed by atoms with Gasteiger partial charge in [-0.25, -0.2) is 9.69 Å². The number of nitrogens with one attached hydrogen (secondary N) is 1. The first-order chi connectivity index (χ1) is 16.4. The van der Waals surface area contributed by atoms with Crippen molar-refractivity contribution in [2.75, 3.05) is 10.2 Å². The third kappa shape index (κ3) is 3.84. The Morgan fingerprint density at radius 1 is 0.941 bits per heavy atom. The van der Waals surface area contributed by atoms with Crippen molar-refractivity contribution in [1.82, 2.24) is 0 Å². The van der Waals surface area contributed by atoms with Gasteiger partial charge in [-0.3, -0.25) is 14.4 Å². The van der Waals surface area contributed by atoms with Crippen molar-refractivity contribution in [3.63, 3.8) is 0 Å². The third-order valence-corrected chi connectivity index (χ3v) is 6.50. The van der Waals surface area contributed by atoms with Gasteiger partial charge in [-0.05, 0) is 59.3 Å². The maximum absolute atomic E-state index is 13.0. The number of rotatable bonds is 5. The first-order valence-electron chi connectivity index (χ1n) is 10.4. The summed E-state index contributed by atoms with van der Waals surface area (Å²) >= 11 is 1.58. The zero-order chi connectivity index (χ0) is 23.8. The zero-order valence-corrected chi connectivity index (χ0v) is 18.8. The van der Waals surface area contributed by atoms with E-state index in [1.165, 1.54) is 25.1 Å². The van der Waals surface area contributed by atoms with Crippen LogP contribution in [0.2, 0.25) is 0 Å². The first kappa shape index (κ1) is 21.5. The van der Waals surface area contributed by atoms with E-state index in [1.807, 2.05) is 29.6 Å². The van der Waals surface area contributed by atoms with E-state index in [0.29, 0.717) is 11.4 Å². The largest absolute Gasteiger partial charge is 0.457 e. The van der Waals surface area contributed by atoms with Crippen LogP contribution in [0.5, 0.6) is 0 Å². The Morgan fingerprint density at radius 3 is 2.44 bits per heavy atom. The number of nitrogens with zero attached hydrogens (tertiary/aromatic N) is 1. The van der Waals surface area contributed by atoms with E-state index >= 15 is 0 Å². The molecule has 3 aromatic carbocycles. The second-order valence-corrected chi connectivity index (χ2v) is 8.68. The molecule has 0 spiro atoms. The minimum Gasteiger partial charge on any atom is -0.457 e. The standard InChI is InChI=1S/C26H18N2O5S/c1-15(29)27-18-7-9-19(10-8-18)28-24(30)21-11-6-16(12-22(21)25(28)31)26(32)33-13-17-14-34-23-5-3-2-4-20(17)23/h2-12,14H,13H2,1H3,(H,27,29). The number of anilines is 2. The topological polar surface area (TPSA) is 92.8 Å². The maximum atomic E-state index is 13.0. The number of hydrogen-bond acceptors (Lipinski definition) is 6. The van der Waals surface area contributed by atoms with Gasteiger partial charge in [0.2, 0.25) is 5.91 Å². The first-order valence-corrected chi connectivity index (χ1v) is 11.3. The summed E-state index contributed by atoms with van der Waals surface area (Å²) in [6.07, 6.45) is 0. The predicted octanol–water partition coefficient (Wildman–Crippen LogP) is 5.02. The van der Waals surface area contributed by atoms with Crippen molar-refractivity contribution in [3.05, 3.63) is 94.4 Å². The van der Waals surface area contributed by atoms with Crippen LogP contribution in [-0.4, -0.2) is 23.7 Å². The molecule has 1 aliphatic rings. The Kier molecular flexibility index (Phi) is 5.43. The molecule has 4 aromatic rings. The second kappa shape index (κ2) is 8.57. The third-order valence-electron chi connectivity index (χ3n) is 5.49. The lowest BCUT2D eigenvalue weighted by molar-refractivity contribution is -0.114. The van der Waals surface area contributed by atoms with Gasteiger partial charge < -0.3 is 10.1 Å². The Labute approximate surface area is 198 Å². The molecule has 0 saturated heterocycles. The Morgan fingerprint density at radius 2 is 1.68 bits per heavy atom. The van der Waals surface area contributed by atoms with Crippen LogP contribution in [0.1, 0.15) is 43.6 Å². The van der Waals surface area contributed by atoms with Crippen LogP contribution in [0.25, 0.3) is 10.1 Å². The number of esters is 1. The van der Waals surface area contributed by atoms with Crippen molar-refractivity contribution in [1.29, 1.82) is 0 Å². The van der Waals surface area contributed by atoms with Gasteiger partial charge in [0.15, 0.2) is 0 Å². The maximum Gasteiger partial charge on any atom is 0.338 e. The molecule has 2 heterocycles. The number of thiophene rings is 1. The number of carbonyl (C=O) groups is 4. The molecular formula is C26H18N2O5S. The van der Waals surface area contributed by atoms with E-state index in [2.05, 4.69) is 5.32 Å². The number of imide groups is 1. The fraction of sp³-hybridized carbons (Fsp3) is 0.0769. The molecule has 0 radical (unpaired) electrons. The van der Waals surface area contributed by atoms with Crippen molar-refractivity contribution < 1.29 is 23.9 Å². The Hall–Kier alpha value is -4.30. The predicted molar refractivity (Wildman–Crippen MR) is 129 cm³/mol. The quantitative estimate of drug-likeness (QED) is 0.327. The molecule has 7 nitrogen and oxygen atoms in total. The van der Waals surface area contributed by atoms with Crippen LogP contribution < -0.4 is 10.2 Å². The minimum atomic E-state index is -0.573. The van der Waals surface area contributed by atoms with E-state index in [4.69, 9.17) is 4.74 Å². The SMILES string of the molecule is CC(=O)Nc1ccc(N2C(=O)c3ccc(C(=O)OCc4csc5ccccc45)cc3C2=O)cc1. The zero-order valence-electron chi connectivity index (χ0n) is 18.0. The van der Waals surface area contributed by atoms with Gasteiger partial charge in [0.05, 0.1) is 22.4 Å². The summed E-state index contributed by atoms with van der Waals surface area (Å²) in [7, 11) is 0. The molecule has 0 aliphatic carbocycles. The van der Waals surface area contributed by atoms with E-state index in [0.717, 1.165) is 20.5 Å².